The minimum atomic E-state index is -0.274. The van der Waals surface area contributed by atoms with Crippen molar-refractivity contribution in [1.82, 2.24) is 20.2 Å². The fraction of sp³-hybridized carbons (Fsp3) is 0.250. The fourth-order valence-corrected chi connectivity index (χ4v) is 3.13. The molecule has 0 aliphatic carbocycles. The van der Waals surface area contributed by atoms with Crippen molar-refractivity contribution in [1.29, 1.82) is 0 Å². The van der Waals surface area contributed by atoms with Crippen LogP contribution in [0.3, 0.4) is 0 Å². The van der Waals surface area contributed by atoms with Gasteiger partial charge >= 0.3 is 6.03 Å². The molecule has 3 N–H and O–H groups in total. The molecule has 0 aliphatic rings. The molecule has 0 radical (unpaired) electrons. The molecule has 0 bridgehead atoms. The van der Waals surface area contributed by atoms with Gasteiger partial charge in [-0.3, -0.25) is 4.79 Å². The highest BCUT2D eigenvalue weighted by Gasteiger charge is 2.10. The van der Waals surface area contributed by atoms with E-state index in [1.165, 1.54) is 0 Å². The summed E-state index contributed by atoms with van der Waals surface area (Å²) in [6.45, 7) is 4.85. The minimum Gasteiger partial charge on any atom is -0.350 e. The molecule has 3 aromatic rings. The molecular weight excluding hydrogens is 422 g/mol. The molecular formula is C20H22BrN5O2. The lowest BCUT2D eigenvalue weighted by Crippen LogP contribution is -2.31. The first-order chi connectivity index (χ1) is 13.4. The Hall–Kier alpha value is -2.87. The topological polar surface area (TPSA) is 88.1 Å². The number of anilines is 1. The van der Waals surface area contributed by atoms with Gasteiger partial charge in [-0.25, -0.2) is 9.78 Å². The molecule has 0 saturated carbocycles. The van der Waals surface area contributed by atoms with E-state index >= 15 is 0 Å². The monoisotopic (exact) mass is 443 g/mol. The summed E-state index contributed by atoms with van der Waals surface area (Å²) in [5.41, 5.74) is 2.95. The molecule has 0 unspecified atom stereocenters. The van der Waals surface area contributed by atoms with Gasteiger partial charge in [-0.2, -0.15) is 0 Å². The summed E-state index contributed by atoms with van der Waals surface area (Å²) in [5.74, 6) is -0.114. The van der Waals surface area contributed by atoms with E-state index in [0.29, 0.717) is 24.3 Å². The number of nitrogens with zero attached hydrogens (tertiary/aromatic N) is 2. The predicted molar refractivity (Wildman–Crippen MR) is 113 cm³/mol. The standard InChI is InChI=1S/C20H22BrN5O2/c1-13(2)24-19(27)14-7-8-18-17(11-14)23-12-26(18)10-9-22-20(28)25-16-6-4-3-5-15(16)21/h3-8,11-13H,9-10H2,1-2H3,(H,24,27)(H2,22,25,28). The number of rotatable bonds is 6. The maximum atomic E-state index is 12.1. The number of urea groups is 1. The average molecular weight is 444 g/mol. The van der Waals surface area contributed by atoms with Crippen LogP contribution in [-0.2, 0) is 6.54 Å². The van der Waals surface area contributed by atoms with Crippen LogP contribution in [0.2, 0.25) is 0 Å². The van der Waals surface area contributed by atoms with Gasteiger partial charge in [0.05, 0.1) is 23.0 Å². The molecule has 0 saturated heterocycles. The zero-order valence-corrected chi connectivity index (χ0v) is 17.3. The van der Waals surface area contributed by atoms with E-state index in [2.05, 4.69) is 36.9 Å². The van der Waals surface area contributed by atoms with E-state index in [9.17, 15) is 9.59 Å². The van der Waals surface area contributed by atoms with Crippen LogP contribution in [0.5, 0.6) is 0 Å². The lowest BCUT2D eigenvalue weighted by molar-refractivity contribution is 0.0943. The summed E-state index contributed by atoms with van der Waals surface area (Å²) in [6, 6.07) is 12.7. The summed E-state index contributed by atoms with van der Waals surface area (Å²) in [5, 5.41) is 8.50. The Morgan fingerprint density at radius 3 is 2.71 bits per heavy atom. The summed E-state index contributed by atoms with van der Waals surface area (Å²) in [7, 11) is 0. The normalized spacial score (nSPS) is 10.9. The third-order valence-corrected chi connectivity index (χ3v) is 4.75. The molecule has 146 valence electrons. The minimum absolute atomic E-state index is 0.0782. The Morgan fingerprint density at radius 2 is 1.96 bits per heavy atom. The number of hydrogen-bond donors (Lipinski definition) is 3. The number of imidazole rings is 1. The van der Waals surface area contributed by atoms with Crippen molar-refractivity contribution in [2.45, 2.75) is 26.4 Å². The van der Waals surface area contributed by atoms with Crippen LogP contribution >= 0.6 is 15.9 Å². The Morgan fingerprint density at radius 1 is 1.18 bits per heavy atom. The number of hydrogen-bond acceptors (Lipinski definition) is 3. The van der Waals surface area contributed by atoms with E-state index in [0.717, 1.165) is 15.5 Å². The van der Waals surface area contributed by atoms with Crippen LogP contribution in [0.25, 0.3) is 11.0 Å². The van der Waals surface area contributed by atoms with E-state index in [-0.39, 0.29) is 18.0 Å². The lowest BCUT2D eigenvalue weighted by atomic mass is 10.2. The van der Waals surface area contributed by atoms with Crippen LogP contribution in [-0.4, -0.2) is 34.1 Å². The summed E-state index contributed by atoms with van der Waals surface area (Å²) in [4.78, 5) is 28.5. The second-order valence-electron chi connectivity index (χ2n) is 6.63. The molecule has 0 atom stereocenters. The molecule has 8 heteroatoms. The van der Waals surface area contributed by atoms with Gasteiger partial charge in [0.1, 0.15) is 0 Å². The van der Waals surface area contributed by atoms with Crippen LogP contribution in [0.4, 0.5) is 10.5 Å². The Bertz CT molecular complexity index is 999. The Balaban J connectivity index is 1.58. The van der Waals surface area contributed by atoms with Gasteiger partial charge in [-0.15, -0.1) is 0 Å². The maximum absolute atomic E-state index is 12.1. The number of amides is 3. The SMILES string of the molecule is CC(C)NC(=O)c1ccc2c(c1)ncn2CCNC(=O)Nc1ccccc1Br. The van der Waals surface area contributed by atoms with Crippen LogP contribution in [0.15, 0.2) is 53.3 Å². The van der Waals surface area contributed by atoms with Crippen LogP contribution in [0.1, 0.15) is 24.2 Å². The smallest absolute Gasteiger partial charge is 0.319 e. The van der Waals surface area contributed by atoms with Gasteiger partial charge in [-0.1, -0.05) is 12.1 Å². The molecule has 2 aromatic carbocycles. The van der Waals surface area contributed by atoms with Crippen molar-refractivity contribution >= 4 is 44.6 Å². The van der Waals surface area contributed by atoms with E-state index in [1.54, 1.807) is 18.5 Å². The quantitative estimate of drug-likeness (QED) is 0.541. The zero-order chi connectivity index (χ0) is 20.1. The van der Waals surface area contributed by atoms with Gasteiger partial charge in [0.25, 0.3) is 5.91 Å². The number of carbonyl (C=O) groups excluding carboxylic acids is 2. The highest BCUT2D eigenvalue weighted by molar-refractivity contribution is 9.10. The van der Waals surface area contributed by atoms with Gasteiger partial charge in [-0.05, 0) is 60.1 Å². The fourth-order valence-electron chi connectivity index (χ4n) is 2.75. The van der Waals surface area contributed by atoms with Gasteiger partial charge in [0, 0.05) is 29.2 Å². The maximum Gasteiger partial charge on any atom is 0.319 e. The lowest BCUT2D eigenvalue weighted by Gasteiger charge is -2.10. The van der Waals surface area contributed by atoms with Crippen LogP contribution in [0, 0.1) is 0 Å². The van der Waals surface area contributed by atoms with E-state index in [1.807, 2.05) is 48.7 Å². The van der Waals surface area contributed by atoms with Crippen molar-refractivity contribution in [3.63, 3.8) is 0 Å². The first-order valence-electron chi connectivity index (χ1n) is 8.99. The third-order valence-electron chi connectivity index (χ3n) is 4.06. The Kier molecular flexibility index (Phi) is 6.30. The van der Waals surface area contributed by atoms with E-state index in [4.69, 9.17) is 0 Å². The largest absolute Gasteiger partial charge is 0.350 e. The highest BCUT2D eigenvalue weighted by Crippen LogP contribution is 2.20. The van der Waals surface area contributed by atoms with Gasteiger partial charge in [0.2, 0.25) is 0 Å². The Labute approximate surface area is 171 Å². The van der Waals surface area contributed by atoms with Crippen molar-refractivity contribution < 1.29 is 9.59 Å². The molecule has 0 spiro atoms. The molecule has 0 fully saturated rings. The number of fused-ring (bicyclic) bond motifs is 1. The second kappa shape index (κ2) is 8.88. The summed E-state index contributed by atoms with van der Waals surface area (Å²) < 4.78 is 2.76. The molecule has 3 rings (SSSR count). The van der Waals surface area contributed by atoms with Crippen molar-refractivity contribution in [2.75, 3.05) is 11.9 Å². The number of aromatic nitrogens is 2. The van der Waals surface area contributed by atoms with Crippen LogP contribution < -0.4 is 16.0 Å². The molecule has 3 amide bonds. The van der Waals surface area contributed by atoms with E-state index < -0.39 is 0 Å². The van der Waals surface area contributed by atoms with Crippen molar-refractivity contribution in [3.05, 3.63) is 58.8 Å². The number of para-hydroxylation sites is 1. The van der Waals surface area contributed by atoms with Crippen molar-refractivity contribution in [3.8, 4) is 0 Å². The number of halogens is 1. The molecule has 28 heavy (non-hydrogen) atoms. The first kappa shape index (κ1) is 19.9. The van der Waals surface area contributed by atoms with Gasteiger partial charge < -0.3 is 20.5 Å². The zero-order valence-electron chi connectivity index (χ0n) is 15.7. The predicted octanol–water partition coefficient (Wildman–Crippen LogP) is 3.76. The first-order valence-corrected chi connectivity index (χ1v) is 9.78. The number of carbonyl (C=O) groups is 2. The summed E-state index contributed by atoms with van der Waals surface area (Å²) in [6.07, 6.45) is 1.71. The summed E-state index contributed by atoms with van der Waals surface area (Å²) >= 11 is 3.40. The second-order valence-corrected chi connectivity index (χ2v) is 7.48. The van der Waals surface area contributed by atoms with Crippen molar-refractivity contribution in [2.24, 2.45) is 0 Å². The molecule has 1 aromatic heterocycles. The third kappa shape index (κ3) is 4.89. The molecule has 7 nitrogen and oxygen atoms in total. The molecule has 0 aliphatic heterocycles. The number of benzene rings is 2. The highest BCUT2D eigenvalue weighted by atomic mass is 79.9. The van der Waals surface area contributed by atoms with Gasteiger partial charge in [0.15, 0.2) is 0 Å². The molecule has 1 heterocycles. The average Bonchev–Trinajstić information content (AvgIpc) is 3.05. The number of nitrogens with one attached hydrogen (secondary N) is 3.